The fourth-order valence-electron chi connectivity index (χ4n) is 3.80. The van der Waals surface area contributed by atoms with Crippen LogP contribution in [0.25, 0.3) is 16.7 Å². The van der Waals surface area contributed by atoms with Crippen LogP contribution in [0.4, 0.5) is 13.2 Å². The smallest absolute Gasteiger partial charge is 0.475 e. The molecule has 4 aromatic rings. The van der Waals surface area contributed by atoms with Crippen LogP contribution in [-0.2, 0) is 11.2 Å². The number of carboxylic acids is 1. The van der Waals surface area contributed by atoms with Crippen molar-refractivity contribution in [1.29, 1.82) is 0 Å². The van der Waals surface area contributed by atoms with Crippen LogP contribution in [0.3, 0.4) is 0 Å². The monoisotopic (exact) mass is 496 g/mol. The number of rotatable bonds is 2. The van der Waals surface area contributed by atoms with Crippen LogP contribution < -0.4 is 10.9 Å². The summed E-state index contributed by atoms with van der Waals surface area (Å²) < 4.78 is 33.2. The van der Waals surface area contributed by atoms with E-state index >= 15 is 0 Å². The van der Waals surface area contributed by atoms with Gasteiger partial charge < -0.3 is 10.4 Å². The number of aryl methyl sites for hydroxylation is 1. The Kier molecular flexibility index (Phi) is 6.56. The highest BCUT2D eigenvalue weighted by Crippen LogP contribution is 2.26. The van der Waals surface area contributed by atoms with Crippen LogP contribution in [0.5, 0.6) is 0 Å². The average Bonchev–Trinajstić information content (AvgIpc) is 2.94. The van der Waals surface area contributed by atoms with Gasteiger partial charge in [-0.2, -0.15) is 13.2 Å². The summed E-state index contributed by atoms with van der Waals surface area (Å²) in [6, 6.07) is 18.3. The second-order valence-electron chi connectivity index (χ2n) is 8.02. The highest BCUT2D eigenvalue weighted by atomic mass is 19.4. The molecule has 36 heavy (non-hydrogen) atoms. The first-order valence-electron chi connectivity index (χ1n) is 10.7. The lowest BCUT2D eigenvalue weighted by Gasteiger charge is -2.19. The predicted molar refractivity (Wildman–Crippen MR) is 124 cm³/mol. The molecule has 0 saturated carbocycles. The number of aliphatic carboxylic acids is 1. The molecule has 11 heteroatoms. The molecule has 1 atom stereocenters. The van der Waals surface area contributed by atoms with Crippen molar-refractivity contribution in [2.75, 3.05) is 0 Å². The summed E-state index contributed by atoms with van der Waals surface area (Å²) in [6.45, 7) is 1.96. The topological polar surface area (TPSA) is 114 Å². The quantitative estimate of drug-likeness (QED) is 0.437. The largest absolute Gasteiger partial charge is 0.490 e. The van der Waals surface area contributed by atoms with Crippen molar-refractivity contribution < 1.29 is 27.9 Å². The molecular weight excluding hydrogens is 477 g/mol. The minimum Gasteiger partial charge on any atom is -0.475 e. The minimum atomic E-state index is -5.08. The summed E-state index contributed by atoms with van der Waals surface area (Å²) in [6.07, 6.45) is -2.98. The van der Waals surface area contributed by atoms with E-state index in [2.05, 4.69) is 10.3 Å². The maximum Gasteiger partial charge on any atom is 0.490 e. The van der Waals surface area contributed by atoms with Crippen LogP contribution in [0.1, 0.15) is 33.4 Å². The first-order valence-corrected chi connectivity index (χ1v) is 10.7. The third-order valence-corrected chi connectivity index (χ3v) is 5.44. The lowest BCUT2D eigenvalue weighted by Crippen LogP contribution is -2.32. The van der Waals surface area contributed by atoms with Crippen molar-refractivity contribution in [2.24, 2.45) is 0 Å². The number of carbonyl (C=O) groups excluding carboxylic acids is 1. The summed E-state index contributed by atoms with van der Waals surface area (Å²) in [7, 11) is 0. The Balaban J connectivity index is 0.000000384. The second-order valence-corrected chi connectivity index (χ2v) is 8.02. The zero-order valence-corrected chi connectivity index (χ0v) is 18.8. The molecule has 0 spiro atoms. The molecule has 1 unspecified atom stereocenters. The first-order chi connectivity index (χ1) is 17.1. The summed E-state index contributed by atoms with van der Waals surface area (Å²) in [5.74, 6) is -2.22. The van der Waals surface area contributed by atoms with E-state index < -0.39 is 18.2 Å². The molecule has 184 valence electrons. The molecule has 0 saturated heterocycles. The Morgan fingerprint density at radius 3 is 2.44 bits per heavy atom. The fourth-order valence-corrected chi connectivity index (χ4v) is 3.80. The summed E-state index contributed by atoms with van der Waals surface area (Å²) in [5.41, 5.74) is 2.82. The van der Waals surface area contributed by atoms with Gasteiger partial charge in [-0.3, -0.25) is 9.59 Å². The molecule has 2 aromatic heterocycles. The van der Waals surface area contributed by atoms with Gasteiger partial charge in [-0.1, -0.05) is 36.4 Å². The number of halogens is 3. The molecule has 8 nitrogen and oxygen atoms in total. The molecule has 1 aliphatic rings. The van der Waals surface area contributed by atoms with E-state index in [9.17, 15) is 22.8 Å². The fraction of sp³-hybridized carbons (Fsp3) is 0.160. The average molecular weight is 496 g/mol. The van der Waals surface area contributed by atoms with E-state index in [1.807, 2.05) is 49.4 Å². The van der Waals surface area contributed by atoms with E-state index in [1.165, 1.54) is 4.57 Å². The Morgan fingerprint density at radius 1 is 1.08 bits per heavy atom. The van der Waals surface area contributed by atoms with E-state index in [0.717, 1.165) is 11.1 Å². The SMILES string of the molecule is Cc1ccc2c(=O)n3c(nc2c1)C(Cc1ccccc1)NC(=O)c1cccnc1-3.O=C(O)C(F)(F)F. The van der Waals surface area contributed by atoms with Gasteiger partial charge >= 0.3 is 12.1 Å². The van der Waals surface area contributed by atoms with E-state index in [0.29, 0.717) is 34.5 Å². The maximum absolute atomic E-state index is 13.4. The van der Waals surface area contributed by atoms with E-state index in [4.69, 9.17) is 14.9 Å². The van der Waals surface area contributed by atoms with Gasteiger partial charge in [0.15, 0.2) is 5.82 Å². The molecule has 0 radical (unpaired) electrons. The number of alkyl halides is 3. The van der Waals surface area contributed by atoms with Crippen LogP contribution in [0.2, 0.25) is 0 Å². The van der Waals surface area contributed by atoms with Gasteiger partial charge in [0.25, 0.3) is 11.5 Å². The normalized spacial score (nSPS) is 14.6. The highest BCUT2D eigenvalue weighted by Gasteiger charge is 2.38. The summed E-state index contributed by atoms with van der Waals surface area (Å²) in [5, 5.41) is 10.7. The number of hydrogen-bond donors (Lipinski definition) is 2. The molecular formula is C25H19F3N4O4. The first kappa shape index (κ1) is 24.6. The van der Waals surface area contributed by atoms with Gasteiger partial charge in [0.05, 0.1) is 22.5 Å². The molecule has 5 rings (SSSR count). The van der Waals surface area contributed by atoms with Crippen molar-refractivity contribution in [3.63, 3.8) is 0 Å². The van der Waals surface area contributed by atoms with Gasteiger partial charge in [-0.05, 0) is 48.7 Å². The Hall–Kier alpha value is -4.54. The minimum absolute atomic E-state index is 0.223. The number of nitrogens with one attached hydrogen (secondary N) is 1. The van der Waals surface area contributed by atoms with E-state index in [1.54, 1.807) is 24.4 Å². The van der Waals surface area contributed by atoms with Crippen molar-refractivity contribution in [1.82, 2.24) is 19.9 Å². The van der Waals surface area contributed by atoms with Gasteiger partial charge in [-0.25, -0.2) is 19.3 Å². The van der Waals surface area contributed by atoms with E-state index in [-0.39, 0.29) is 11.5 Å². The van der Waals surface area contributed by atoms with Crippen molar-refractivity contribution in [2.45, 2.75) is 25.6 Å². The number of pyridine rings is 1. The molecule has 0 bridgehead atoms. The molecule has 0 aliphatic carbocycles. The van der Waals surface area contributed by atoms with Crippen LogP contribution >= 0.6 is 0 Å². The number of aromatic nitrogens is 3. The van der Waals surface area contributed by atoms with Gasteiger partial charge in [0.1, 0.15) is 5.82 Å². The van der Waals surface area contributed by atoms with Gasteiger partial charge in [0, 0.05) is 6.20 Å². The standard InChI is InChI=1S/C23H18N4O2.C2HF3O2/c1-14-9-10-16-18(12-14)25-21-19(13-15-6-3-2-4-7-15)26-22(28)17-8-5-11-24-20(17)27(21)23(16)29;3-2(4,5)1(6)7/h2-12,19H,13H2,1H3,(H,26,28);(H,6,7). The molecule has 2 aromatic carbocycles. The number of amides is 1. The van der Waals surface area contributed by atoms with Gasteiger partial charge in [0.2, 0.25) is 0 Å². The Labute approximate surface area is 202 Å². The number of hydrogen-bond acceptors (Lipinski definition) is 5. The Morgan fingerprint density at radius 2 is 1.78 bits per heavy atom. The van der Waals surface area contributed by atoms with Crippen molar-refractivity contribution in [3.8, 4) is 5.82 Å². The lowest BCUT2D eigenvalue weighted by atomic mass is 10.0. The van der Waals surface area contributed by atoms with Crippen molar-refractivity contribution >= 4 is 22.8 Å². The number of carboxylic acid groups (broad SMARTS) is 1. The molecule has 1 aliphatic heterocycles. The van der Waals surface area contributed by atoms with Crippen LogP contribution in [0.15, 0.2) is 71.7 Å². The molecule has 0 fully saturated rings. The molecule has 2 N–H and O–H groups in total. The number of carbonyl (C=O) groups is 2. The van der Waals surface area contributed by atoms with Gasteiger partial charge in [-0.15, -0.1) is 0 Å². The Bertz CT molecular complexity index is 1520. The highest BCUT2D eigenvalue weighted by molar-refractivity contribution is 5.98. The summed E-state index contributed by atoms with van der Waals surface area (Å²) in [4.78, 5) is 44.5. The number of benzene rings is 2. The van der Waals surface area contributed by atoms with Crippen molar-refractivity contribution in [3.05, 3.63) is 99.7 Å². The van der Waals surface area contributed by atoms with Crippen LogP contribution in [-0.4, -0.2) is 37.7 Å². The zero-order chi connectivity index (χ0) is 26.0. The second kappa shape index (κ2) is 9.61. The maximum atomic E-state index is 13.4. The summed E-state index contributed by atoms with van der Waals surface area (Å²) >= 11 is 0. The molecule has 1 amide bonds. The zero-order valence-electron chi connectivity index (χ0n) is 18.8. The van der Waals surface area contributed by atoms with Crippen LogP contribution in [0, 0.1) is 6.92 Å². The lowest BCUT2D eigenvalue weighted by molar-refractivity contribution is -0.192. The number of nitrogens with zero attached hydrogens (tertiary/aromatic N) is 3. The molecule has 3 heterocycles. The number of fused-ring (bicyclic) bond motifs is 4. The third kappa shape index (κ3) is 4.95. The third-order valence-electron chi connectivity index (χ3n) is 5.44. The predicted octanol–water partition coefficient (Wildman–Crippen LogP) is 3.75.